The first-order chi connectivity index (χ1) is 5.72. The van der Waals surface area contributed by atoms with Crippen LogP contribution in [0.3, 0.4) is 0 Å². The Morgan fingerprint density at radius 2 is 1.85 bits per heavy atom. The Bertz CT molecular complexity index is 224. The minimum atomic E-state index is -5.06. The summed E-state index contributed by atoms with van der Waals surface area (Å²) in [5.74, 6) is -5.37. The summed E-state index contributed by atoms with van der Waals surface area (Å²) < 4.78 is 59.9. The quantitative estimate of drug-likeness (QED) is 0.545. The van der Waals surface area contributed by atoms with Crippen LogP contribution in [0.2, 0.25) is 0 Å². The molecule has 13 heavy (non-hydrogen) atoms. The van der Waals surface area contributed by atoms with Gasteiger partial charge in [-0.3, -0.25) is 4.79 Å². The Labute approximate surface area is 70.3 Å². The normalized spacial score (nSPS) is 22.1. The molecule has 0 radical (unpaired) electrons. The van der Waals surface area contributed by atoms with Crippen molar-refractivity contribution >= 4 is 5.91 Å². The zero-order chi connectivity index (χ0) is 10.3. The van der Waals surface area contributed by atoms with Gasteiger partial charge < -0.3 is 4.90 Å². The van der Waals surface area contributed by atoms with E-state index in [1.54, 1.807) is 0 Å². The molecule has 0 bridgehead atoms. The molecule has 1 saturated heterocycles. The maximum atomic E-state index is 12.4. The van der Waals surface area contributed by atoms with Crippen molar-refractivity contribution in [3.05, 3.63) is 0 Å². The third-order valence-electron chi connectivity index (χ3n) is 1.70. The maximum Gasteiger partial charge on any atom is 0.471 e. The van der Waals surface area contributed by atoms with Gasteiger partial charge in [0.25, 0.3) is 5.92 Å². The first-order valence-corrected chi connectivity index (χ1v) is 3.46. The first-order valence-electron chi connectivity index (χ1n) is 3.46. The average Bonchev–Trinajstić information content (AvgIpc) is 2.26. The summed E-state index contributed by atoms with van der Waals surface area (Å²) in [6.07, 6.45) is -5.75. The van der Waals surface area contributed by atoms with Gasteiger partial charge in [0.05, 0.1) is 6.54 Å². The number of carbonyl (C=O) groups excluding carboxylic acids is 1. The second-order valence-corrected chi connectivity index (χ2v) is 2.83. The summed E-state index contributed by atoms with van der Waals surface area (Å²) in [7, 11) is 0. The molecule has 0 saturated carbocycles. The van der Waals surface area contributed by atoms with Gasteiger partial charge in [-0.05, 0) is 0 Å². The van der Waals surface area contributed by atoms with Crippen molar-refractivity contribution in [2.24, 2.45) is 0 Å². The fraction of sp³-hybridized carbons (Fsp3) is 0.833. The van der Waals surface area contributed by atoms with Crippen LogP contribution in [0.4, 0.5) is 22.0 Å². The molecule has 0 spiro atoms. The molecule has 0 aromatic heterocycles. The lowest BCUT2D eigenvalue weighted by Crippen LogP contribution is -2.40. The van der Waals surface area contributed by atoms with Crippen molar-refractivity contribution in [3.63, 3.8) is 0 Å². The molecule has 0 aromatic carbocycles. The summed E-state index contributed by atoms with van der Waals surface area (Å²) in [6.45, 7) is -1.67. The van der Waals surface area contributed by atoms with Gasteiger partial charge >= 0.3 is 12.1 Å². The lowest BCUT2D eigenvalue weighted by molar-refractivity contribution is -0.185. The van der Waals surface area contributed by atoms with Gasteiger partial charge in [0.2, 0.25) is 0 Å². The fourth-order valence-electron chi connectivity index (χ4n) is 1.09. The Morgan fingerprint density at radius 1 is 1.31 bits per heavy atom. The van der Waals surface area contributed by atoms with Crippen molar-refractivity contribution in [2.75, 3.05) is 13.1 Å². The monoisotopic (exact) mass is 203 g/mol. The fourth-order valence-corrected chi connectivity index (χ4v) is 1.09. The maximum absolute atomic E-state index is 12.4. The van der Waals surface area contributed by atoms with Crippen molar-refractivity contribution in [1.29, 1.82) is 0 Å². The second kappa shape index (κ2) is 2.81. The van der Waals surface area contributed by atoms with Gasteiger partial charge in [-0.2, -0.15) is 13.2 Å². The van der Waals surface area contributed by atoms with Crippen LogP contribution in [-0.2, 0) is 4.79 Å². The summed E-state index contributed by atoms with van der Waals surface area (Å²) in [6, 6.07) is 0. The van der Waals surface area contributed by atoms with Crippen LogP contribution in [0.5, 0.6) is 0 Å². The standard InChI is InChI=1S/C6H6F5NO/c7-5(8)1-2-12(3-5)4(13)6(9,10)11/h1-3H2. The average molecular weight is 203 g/mol. The van der Waals surface area contributed by atoms with Gasteiger partial charge in [0.15, 0.2) is 0 Å². The third kappa shape index (κ3) is 2.28. The smallest absolute Gasteiger partial charge is 0.329 e. The molecule has 0 aromatic rings. The largest absolute Gasteiger partial charge is 0.471 e. The molecule has 0 aliphatic carbocycles. The number of hydrogen-bond acceptors (Lipinski definition) is 1. The van der Waals surface area contributed by atoms with Crippen molar-refractivity contribution in [1.82, 2.24) is 4.90 Å². The van der Waals surface area contributed by atoms with E-state index in [4.69, 9.17) is 0 Å². The zero-order valence-electron chi connectivity index (χ0n) is 6.37. The number of halogens is 5. The zero-order valence-corrected chi connectivity index (χ0v) is 6.37. The lowest BCUT2D eigenvalue weighted by Gasteiger charge is -2.17. The van der Waals surface area contributed by atoms with Gasteiger partial charge in [0.1, 0.15) is 0 Å². The van der Waals surface area contributed by atoms with E-state index in [1.807, 2.05) is 0 Å². The molecular weight excluding hydrogens is 197 g/mol. The van der Waals surface area contributed by atoms with Crippen LogP contribution < -0.4 is 0 Å². The molecule has 0 unspecified atom stereocenters. The molecule has 1 aliphatic rings. The summed E-state index contributed by atoms with van der Waals surface area (Å²) in [5, 5.41) is 0. The molecule has 76 valence electrons. The Balaban J connectivity index is 2.62. The van der Waals surface area contributed by atoms with E-state index in [0.717, 1.165) is 0 Å². The van der Waals surface area contributed by atoms with E-state index in [2.05, 4.69) is 0 Å². The predicted molar refractivity (Wildman–Crippen MR) is 32.2 cm³/mol. The van der Waals surface area contributed by atoms with E-state index in [1.165, 1.54) is 0 Å². The van der Waals surface area contributed by atoms with Gasteiger partial charge in [0, 0.05) is 13.0 Å². The molecule has 1 rings (SSSR count). The summed E-state index contributed by atoms with van der Waals surface area (Å²) in [5.41, 5.74) is 0. The number of nitrogens with zero attached hydrogens (tertiary/aromatic N) is 1. The highest BCUT2D eigenvalue weighted by Crippen LogP contribution is 2.30. The van der Waals surface area contributed by atoms with Gasteiger partial charge in [-0.15, -0.1) is 0 Å². The number of rotatable bonds is 0. The van der Waals surface area contributed by atoms with Crippen molar-refractivity contribution < 1.29 is 26.7 Å². The SMILES string of the molecule is O=C(N1CCC(F)(F)C1)C(F)(F)F. The van der Waals surface area contributed by atoms with E-state index < -0.39 is 37.5 Å². The van der Waals surface area contributed by atoms with E-state index >= 15 is 0 Å². The van der Waals surface area contributed by atoms with Crippen LogP contribution in [0.1, 0.15) is 6.42 Å². The number of carbonyl (C=O) groups is 1. The highest BCUT2D eigenvalue weighted by Gasteiger charge is 2.49. The van der Waals surface area contributed by atoms with E-state index in [0.29, 0.717) is 0 Å². The molecule has 1 heterocycles. The molecule has 1 aliphatic heterocycles. The summed E-state index contributed by atoms with van der Waals surface area (Å²) >= 11 is 0. The van der Waals surface area contributed by atoms with Crippen molar-refractivity contribution in [3.8, 4) is 0 Å². The Hall–Kier alpha value is -0.880. The molecule has 1 fully saturated rings. The molecule has 0 N–H and O–H groups in total. The van der Waals surface area contributed by atoms with E-state index in [9.17, 15) is 26.7 Å². The molecule has 2 nitrogen and oxygen atoms in total. The topological polar surface area (TPSA) is 20.3 Å². The number of amides is 1. The number of hydrogen-bond donors (Lipinski definition) is 0. The highest BCUT2D eigenvalue weighted by atomic mass is 19.4. The van der Waals surface area contributed by atoms with Gasteiger partial charge in [-0.1, -0.05) is 0 Å². The minimum absolute atomic E-state index is 0.125. The van der Waals surface area contributed by atoms with Crippen LogP contribution in [-0.4, -0.2) is 36.0 Å². The molecule has 1 amide bonds. The van der Waals surface area contributed by atoms with Crippen LogP contribution >= 0.6 is 0 Å². The number of likely N-dealkylation sites (tertiary alicyclic amines) is 1. The number of alkyl halides is 5. The lowest BCUT2D eigenvalue weighted by atomic mass is 10.3. The Kier molecular flexibility index (Phi) is 2.21. The third-order valence-corrected chi connectivity index (χ3v) is 1.70. The second-order valence-electron chi connectivity index (χ2n) is 2.83. The van der Waals surface area contributed by atoms with Crippen LogP contribution in [0, 0.1) is 0 Å². The molecular formula is C6H6F5NO. The predicted octanol–water partition coefficient (Wildman–Crippen LogP) is 1.42. The van der Waals surface area contributed by atoms with Crippen LogP contribution in [0.15, 0.2) is 0 Å². The van der Waals surface area contributed by atoms with E-state index in [-0.39, 0.29) is 4.90 Å². The Morgan fingerprint density at radius 3 is 2.15 bits per heavy atom. The highest BCUT2D eigenvalue weighted by molar-refractivity contribution is 5.82. The first kappa shape index (κ1) is 10.2. The molecule has 7 heteroatoms. The van der Waals surface area contributed by atoms with Gasteiger partial charge in [-0.25, -0.2) is 8.78 Å². The minimum Gasteiger partial charge on any atom is -0.329 e. The van der Waals surface area contributed by atoms with Crippen molar-refractivity contribution in [2.45, 2.75) is 18.5 Å². The molecule has 0 atom stereocenters. The summed E-state index contributed by atoms with van der Waals surface area (Å²) in [4.78, 5) is 10.5. The van der Waals surface area contributed by atoms with Crippen LogP contribution in [0.25, 0.3) is 0 Å².